The van der Waals surface area contributed by atoms with E-state index in [1.54, 1.807) is 0 Å². The lowest BCUT2D eigenvalue weighted by atomic mass is 9.80. The molecule has 30 rings (SSSR count). The Morgan fingerprint density at radius 2 is 0.454 bits per heavy atom. The molecule has 6 heteroatoms. The zero-order chi connectivity index (χ0) is 93.8. The Morgan fingerprint density at radius 1 is 0.156 bits per heavy atom. The summed E-state index contributed by atoms with van der Waals surface area (Å²) < 4.78 is 7.63. The van der Waals surface area contributed by atoms with Crippen LogP contribution in [-0.4, -0.2) is 13.7 Å². The molecule has 0 fully saturated rings. The molecule has 141 heavy (non-hydrogen) atoms. The monoisotopic (exact) mass is 1800 g/mol. The van der Waals surface area contributed by atoms with Gasteiger partial charge in [-0.05, 0) is 221 Å². The van der Waals surface area contributed by atoms with Gasteiger partial charge in [0.2, 0.25) is 0 Å². The van der Waals surface area contributed by atoms with Crippen molar-refractivity contribution in [1.29, 1.82) is 0 Å². The van der Waals surface area contributed by atoms with Gasteiger partial charge in [-0.25, -0.2) is 0 Å². The highest BCUT2D eigenvalue weighted by molar-refractivity contribution is 6.24. The minimum atomic E-state index is -0.239. The zero-order valence-electron chi connectivity index (χ0n) is 79.2. The molecule has 0 unspecified atom stereocenters. The summed E-state index contributed by atoms with van der Waals surface area (Å²) in [4.78, 5) is 7.62. The maximum atomic E-state index is 2.58. The first-order chi connectivity index (χ1) is 69.3. The molecule has 0 radical (unpaired) electrons. The van der Waals surface area contributed by atoms with E-state index < -0.39 is 0 Å². The molecule has 0 saturated heterocycles. The lowest BCUT2D eigenvalue weighted by Crippen LogP contribution is -2.22. The lowest BCUT2D eigenvalue weighted by molar-refractivity contribution is 0.660. The van der Waals surface area contributed by atoms with Crippen LogP contribution in [-0.2, 0) is 16.2 Å². The lowest BCUT2D eigenvalue weighted by Gasteiger charge is -2.37. The topological polar surface area (TPSA) is 24.5 Å². The second-order valence-corrected chi connectivity index (χ2v) is 40.1. The van der Waals surface area contributed by atoms with Crippen molar-refractivity contribution in [1.82, 2.24) is 13.7 Å². The van der Waals surface area contributed by atoms with Crippen molar-refractivity contribution in [2.24, 2.45) is 0 Å². The van der Waals surface area contributed by atoms with Crippen LogP contribution < -0.4 is 14.7 Å². The fourth-order valence-corrected chi connectivity index (χ4v) is 24.9. The average molecular weight is 1800 g/mol. The summed E-state index contributed by atoms with van der Waals surface area (Å²) in [7, 11) is 0. The van der Waals surface area contributed by atoms with Crippen molar-refractivity contribution >= 4 is 117 Å². The van der Waals surface area contributed by atoms with Crippen molar-refractivity contribution in [3.8, 4) is 117 Å². The highest BCUT2D eigenvalue weighted by atomic mass is 15.2. The molecular weight excluding hydrogens is 1710 g/mol. The number of anilines is 9. The van der Waals surface area contributed by atoms with Crippen molar-refractivity contribution in [2.45, 2.75) is 57.8 Å². The highest BCUT2D eigenvalue weighted by Gasteiger charge is 2.48. The van der Waals surface area contributed by atoms with Crippen LogP contribution in [0.3, 0.4) is 0 Å². The average Bonchev–Trinajstić information content (AvgIpc) is 1.53. The summed E-state index contributed by atoms with van der Waals surface area (Å²) >= 11 is 0. The Bertz CT molecular complexity index is 9280. The number of rotatable bonds is 9. The Balaban J connectivity index is 0.000000104. The molecule has 0 N–H and O–H groups in total. The molecule has 3 aromatic heterocycles. The quantitative estimate of drug-likeness (QED) is 0.144. The Hall–Kier alpha value is -17.6. The van der Waals surface area contributed by atoms with E-state index in [0.29, 0.717) is 0 Å². The first kappa shape index (κ1) is 81.7. The van der Waals surface area contributed by atoms with Crippen molar-refractivity contribution in [2.75, 3.05) is 14.7 Å². The van der Waals surface area contributed by atoms with E-state index in [9.17, 15) is 0 Å². The van der Waals surface area contributed by atoms with Crippen molar-refractivity contribution in [3.63, 3.8) is 0 Å². The standard InChI is InChI=1S/C51H36N2.C45H32N2.C39H28N2/c1-51(2)43-30-36(33-17-7-3-8-18-33)27-28-40(43)47-44(51)32-41(35-21-11-5-12-22-35)49-50(47)52(38-23-13-6-14-24-38)46-31-37(34-19-9-4-10-20-34)29-42-39-25-15-16-26-45(39)53(49)48(42)46;1-45(2)37-27-31(29-15-6-3-7-16-29)25-26-35(37)41-38(45)28-36(30-17-8-4-9-18-30)43-44(41)46(32-19-10-5-11-20-32)40-24-14-22-34-33-21-12-13-23-39(33)47(43)42(34)40;1-39(2)31-22-23-35-38(36(31)30-21-20-26(24-32(30)39)25-12-5-3-6-13-25)40(27-14-7-4-8-15-27)34-19-11-17-29-28-16-9-10-18-33(28)41(35)37(29)34/h3-32H,1-2H3;3-28H,1-2H3;3-24H,1-2H3. The third-order valence-corrected chi connectivity index (χ3v) is 31.4. The van der Waals surface area contributed by atoms with Gasteiger partial charge in [-0.1, -0.05) is 399 Å². The Labute approximate surface area is 820 Å². The maximum Gasteiger partial charge on any atom is 0.0791 e. The van der Waals surface area contributed by atoms with Crippen LogP contribution in [0.1, 0.15) is 74.9 Å². The molecule has 6 heterocycles. The smallest absolute Gasteiger partial charge is 0.0791 e. The minimum Gasteiger partial charge on any atom is -0.306 e. The van der Waals surface area contributed by atoms with Crippen LogP contribution >= 0.6 is 0 Å². The van der Waals surface area contributed by atoms with Gasteiger partial charge < -0.3 is 28.4 Å². The van der Waals surface area contributed by atoms with Crippen LogP contribution in [0.2, 0.25) is 0 Å². The fourth-order valence-electron chi connectivity index (χ4n) is 24.9. The van der Waals surface area contributed by atoms with E-state index in [4.69, 9.17) is 0 Å². The minimum absolute atomic E-state index is 0.127. The first-order valence-electron chi connectivity index (χ1n) is 49.4. The van der Waals surface area contributed by atoms with E-state index in [1.807, 2.05) is 0 Å². The molecule has 21 aromatic carbocycles. The van der Waals surface area contributed by atoms with Gasteiger partial charge in [-0.2, -0.15) is 0 Å². The van der Waals surface area contributed by atoms with Gasteiger partial charge in [-0.3, -0.25) is 0 Å². The van der Waals surface area contributed by atoms with E-state index >= 15 is 0 Å². The molecule has 0 saturated carbocycles. The number of aromatic nitrogens is 3. The number of nitrogens with zero attached hydrogens (tertiary/aromatic N) is 6. The number of para-hydroxylation sites is 8. The van der Waals surface area contributed by atoms with E-state index in [0.717, 1.165) is 11.4 Å². The second-order valence-electron chi connectivity index (χ2n) is 40.1. The summed E-state index contributed by atoms with van der Waals surface area (Å²) in [5.41, 5.74) is 52.4. The highest BCUT2D eigenvalue weighted by Crippen LogP contribution is 2.67. The van der Waals surface area contributed by atoms with Crippen molar-refractivity contribution in [3.05, 3.63) is 507 Å². The molecule has 24 aromatic rings. The number of fused-ring (bicyclic) bond motifs is 27. The number of hydrogen-bond donors (Lipinski definition) is 0. The zero-order valence-corrected chi connectivity index (χ0v) is 79.2. The maximum absolute atomic E-state index is 2.58. The Morgan fingerprint density at radius 3 is 0.851 bits per heavy atom. The molecule has 0 atom stereocenters. The molecule has 0 bridgehead atoms. The van der Waals surface area contributed by atoms with Crippen LogP contribution in [0.5, 0.6) is 0 Å². The molecule has 6 aliphatic rings. The van der Waals surface area contributed by atoms with Gasteiger partial charge in [0.05, 0.1) is 84.3 Å². The van der Waals surface area contributed by atoms with Gasteiger partial charge in [0.15, 0.2) is 0 Å². The van der Waals surface area contributed by atoms with Gasteiger partial charge in [-0.15, -0.1) is 0 Å². The normalized spacial score (nSPS) is 13.9. The molecular formula is C135H96N6. The van der Waals surface area contributed by atoms with Crippen molar-refractivity contribution < 1.29 is 0 Å². The predicted octanol–water partition coefficient (Wildman–Crippen LogP) is 36.6. The SMILES string of the molecule is CC1(C)c2cc(-c3ccccc3)ccc2-c2c1cc(-c1ccccc1)c1c2N(c2ccccc2)c2cc(-c3ccccc3)cc3c4ccccc4n-1c23.CC1(C)c2cc(-c3ccccc3)ccc2-c2c1cc(-c1ccccc1)c1c2N(c2ccccc2)c2cccc3c4ccccc4n-1c23.CC1(C)c2cc(-c3ccccc3)ccc2-c2c1ccc1c2N(c2ccccc2)c2cccc3c4ccccc4n-1c23. The number of benzene rings is 21. The van der Waals surface area contributed by atoms with E-state index in [-0.39, 0.29) is 16.2 Å². The van der Waals surface area contributed by atoms with E-state index in [1.165, 1.54) is 256 Å². The van der Waals surface area contributed by atoms with Gasteiger partial charge in [0, 0.05) is 93.4 Å². The number of hydrogen-bond acceptors (Lipinski definition) is 3. The molecule has 3 aliphatic carbocycles. The Kier molecular flexibility index (Phi) is 18.1. The first-order valence-corrected chi connectivity index (χ1v) is 49.4. The van der Waals surface area contributed by atoms with Gasteiger partial charge in [0.25, 0.3) is 0 Å². The predicted molar refractivity (Wildman–Crippen MR) is 592 cm³/mol. The van der Waals surface area contributed by atoms with Crippen LogP contribution in [0, 0.1) is 0 Å². The summed E-state index contributed by atoms with van der Waals surface area (Å²) in [6.45, 7) is 14.4. The third kappa shape index (κ3) is 12.1. The summed E-state index contributed by atoms with van der Waals surface area (Å²) in [6.07, 6.45) is 0. The molecule has 3 aliphatic heterocycles. The van der Waals surface area contributed by atoms with Crippen LogP contribution in [0.25, 0.3) is 183 Å². The largest absolute Gasteiger partial charge is 0.306 e. The molecule has 0 spiro atoms. The molecule has 666 valence electrons. The van der Waals surface area contributed by atoms with Crippen LogP contribution in [0.15, 0.2) is 473 Å². The third-order valence-electron chi connectivity index (χ3n) is 31.4. The summed E-state index contributed by atoms with van der Waals surface area (Å²) in [6, 6.07) is 174. The van der Waals surface area contributed by atoms with E-state index in [2.05, 4.69) is 543 Å². The summed E-state index contributed by atoms with van der Waals surface area (Å²) in [5, 5.41) is 7.65. The summed E-state index contributed by atoms with van der Waals surface area (Å²) in [5.74, 6) is 0. The molecule has 6 nitrogen and oxygen atoms in total. The van der Waals surface area contributed by atoms with Gasteiger partial charge in [0.1, 0.15) is 0 Å². The molecule has 0 amide bonds. The van der Waals surface area contributed by atoms with Gasteiger partial charge >= 0.3 is 0 Å². The fraction of sp³-hybridized carbons (Fsp3) is 0.0667. The second kappa shape index (κ2) is 31.2. The van der Waals surface area contributed by atoms with Crippen LogP contribution in [0.4, 0.5) is 51.2 Å².